The lowest BCUT2D eigenvalue weighted by Gasteiger charge is -2.40. The summed E-state index contributed by atoms with van der Waals surface area (Å²) in [6.45, 7) is 7.79. The summed E-state index contributed by atoms with van der Waals surface area (Å²) in [4.78, 5) is 7.45. The Kier molecular flexibility index (Phi) is 4.91. The van der Waals surface area contributed by atoms with Crippen LogP contribution >= 0.6 is 0 Å². The van der Waals surface area contributed by atoms with Crippen molar-refractivity contribution in [3.8, 4) is 0 Å². The smallest absolute Gasteiger partial charge is 0.0558 e. The third-order valence-corrected chi connectivity index (χ3v) is 4.97. The molecule has 3 rings (SSSR count). The van der Waals surface area contributed by atoms with Gasteiger partial charge in [0.2, 0.25) is 0 Å². The molecule has 0 bridgehead atoms. The fourth-order valence-corrected chi connectivity index (χ4v) is 3.56. The molecule has 2 aliphatic rings. The predicted molar refractivity (Wildman–Crippen MR) is 85.4 cm³/mol. The van der Waals surface area contributed by atoms with Crippen LogP contribution in [0.4, 0.5) is 0 Å². The molecule has 2 aliphatic heterocycles. The molecule has 21 heavy (non-hydrogen) atoms. The van der Waals surface area contributed by atoms with Gasteiger partial charge in [-0.25, -0.2) is 0 Å². The van der Waals surface area contributed by atoms with Crippen LogP contribution in [0.2, 0.25) is 0 Å². The van der Waals surface area contributed by atoms with Gasteiger partial charge < -0.3 is 5.11 Å². The van der Waals surface area contributed by atoms with Gasteiger partial charge in [0.15, 0.2) is 0 Å². The van der Waals surface area contributed by atoms with E-state index < -0.39 is 0 Å². The van der Waals surface area contributed by atoms with Crippen molar-refractivity contribution in [1.82, 2.24) is 14.7 Å². The van der Waals surface area contributed by atoms with Gasteiger partial charge in [-0.1, -0.05) is 24.3 Å². The first-order chi connectivity index (χ1) is 10.3. The maximum atomic E-state index is 9.01. The number of fused-ring (bicyclic) bond motifs is 1. The third-order valence-electron chi connectivity index (χ3n) is 4.97. The van der Waals surface area contributed by atoms with E-state index in [1.807, 2.05) is 0 Å². The van der Waals surface area contributed by atoms with Crippen LogP contribution in [0.15, 0.2) is 24.3 Å². The second-order valence-electron chi connectivity index (χ2n) is 6.41. The normalized spacial score (nSPS) is 25.0. The van der Waals surface area contributed by atoms with Crippen LogP contribution in [0.25, 0.3) is 0 Å². The number of hydrogen-bond donors (Lipinski definition) is 1. The molecule has 0 aliphatic carbocycles. The van der Waals surface area contributed by atoms with E-state index in [1.54, 1.807) is 0 Å². The van der Waals surface area contributed by atoms with Gasteiger partial charge in [-0.3, -0.25) is 14.7 Å². The highest BCUT2D eigenvalue weighted by Gasteiger charge is 2.26. The molecule has 0 spiro atoms. The number of aliphatic hydroxyl groups excluding tert-OH is 1. The van der Waals surface area contributed by atoms with Crippen LogP contribution in [0, 0.1) is 0 Å². The fraction of sp³-hybridized carbons (Fsp3) is 0.647. The summed E-state index contributed by atoms with van der Waals surface area (Å²) in [6, 6.07) is 9.48. The highest BCUT2D eigenvalue weighted by Crippen LogP contribution is 2.22. The Morgan fingerprint density at radius 3 is 2.43 bits per heavy atom. The Labute approximate surface area is 128 Å². The van der Waals surface area contributed by atoms with E-state index in [2.05, 4.69) is 46.0 Å². The average molecular weight is 289 g/mol. The molecule has 1 aromatic carbocycles. The molecule has 116 valence electrons. The highest BCUT2D eigenvalue weighted by molar-refractivity contribution is 5.30. The van der Waals surface area contributed by atoms with E-state index in [9.17, 15) is 0 Å². The molecule has 0 amide bonds. The quantitative estimate of drug-likeness (QED) is 0.882. The molecule has 4 nitrogen and oxygen atoms in total. The molecule has 0 aromatic heterocycles. The van der Waals surface area contributed by atoms with Crippen molar-refractivity contribution in [3.05, 3.63) is 35.4 Å². The van der Waals surface area contributed by atoms with E-state index in [0.717, 1.165) is 45.8 Å². The molecule has 1 aromatic rings. The number of β-amino-alcohol motifs (C(OH)–C–C–N with tert-alkyl or cyclic N) is 1. The van der Waals surface area contributed by atoms with E-state index in [1.165, 1.54) is 17.5 Å². The van der Waals surface area contributed by atoms with Crippen molar-refractivity contribution >= 4 is 0 Å². The minimum absolute atomic E-state index is 0.280. The standard InChI is InChI=1S/C17H27N3O/c1-18-13-16-5-3-2-4-15(16)12-17(18)14-20-8-6-19(7-9-20)10-11-21/h2-5,17,21H,6-14H2,1H3/t17-/m0/s1. The fourth-order valence-electron chi connectivity index (χ4n) is 3.56. The zero-order valence-electron chi connectivity index (χ0n) is 13.0. The van der Waals surface area contributed by atoms with E-state index >= 15 is 0 Å². The van der Waals surface area contributed by atoms with Gasteiger partial charge in [0.1, 0.15) is 0 Å². The van der Waals surface area contributed by atoms with Crippen molar-refractivity contribution in [1.29, 1.82) is 0 Å². The summed E-state index contributed by atoms with van der Waals surface area (Å²) >= 11 is 0. The predicted octanol–water partition coefficient (Wildman–Crippen LogP) is 0.653. The largest absolute Gasteiger partial charge is 0.395 e. The van der Waals surface area contributed by atoms with E-state index in [0.29, 0.717) is 6.04 Å². The van der Waals surface area contributed by atoms with Gasteiger partial charge in [-0.2, -0.15) is 0 Å². The highest BCUT2D eigenvalue weighted by atomic mass is 16.3. The Morgan fingerprint density at radius 1 is 1.05 bits per heavy atom. The second kappa shape index (κ2) is 6.88. The summed E-state index contributed by atoms with van der Waals surface area (Å²) in [7, 11) is 2.25. The maximum absolute atomic E-state index is 9.01. The zero-order chi connectivity index (χ0) is 14.7. The molecule has 0 saturated carbocycles. The summed E-state index contributed by atoms with van der Waals surface area (Å²) in [5.74, 6) is 0. The molecule has 4 heteroatoms. The number of likely N-dealkylation sites (N-methyl/N-ethyl adjacent to an activating group) is 1. The number of benzene rings is 1. The lowest BCUT2D eigenvalue weighted by Crippen LogP contribution is -2.52. The number of aliphatic hydroxyl groups is 1. The average Bonchev–Trinajstić information content (AvgIpc) is 2.50. The molecular weight excluding hydrogens is 262 g/mol. The van der Waals surface area contributed by atoms with Crippen molar-refractivity contribution in [2.45, 2.75) is 19.0 Å². The molecule has 1 atom stereocenters. The van der Waals surface area contributed by atoms with Crippen molar-refractivity contribution in [2.24, 2.45) is 0 Å². The Balaban J connectivity index is 1.54. The lowest BCUT2D eigenvalue weighted by molar-refractivity contribution is 0.0830. The Bertz CT molecular complexity index is 457. The van der Waals surface area contributed by atoms with Gasteiger partial charge in [0.05, 0.1) is 6.61 Å². The number of hydrogen-bond acceptors (Lipinski definition) is 4. The number of rotatable bonds is 4. The van der Waals surface area contributed by atoms with Gasteiger partial charge in [-0.15, -0.1) is 0 Å². The summed E-state index contributed by atoms with van der Waals surface area (Å²) in [6.07, 6.45) is 1.17. The van der Waals surface area contributed by atoms with Crippen molar-refractivity contribution in [3.63, 3.8) is 0 Å². The molecular formula is C17H27N3O. The van der Waals surface area contributed by atoms with Gasteiger partial charge in [-0.05, 0) is 24.6 Å². The molecule has 1 saturated heterocycles. The monoisotopic (exact) mass is 289 g/mol. The van der Waals surface area contributed by atoms with Crippen LogP contribution < -0.4 is 0 Å². The first kappa shape index (κ1) is 15.0. The molecule has 0 radical (unpaired) electrons. The first-order valence-electron chi connectivity index (χ1n) is 8.09. The van der Waals surface area contributed by atoms with Crippen molar-refractivity contribution in [2.75, 3.05) is 52.9 Å². The van der Waals surface area contributed by atoms with Crippen LogP contribution in [0.3, 0.4) is 0 Å². The number of nitrogens with zero attached hydrogens (tertiary/aromatic N) is 3. The second-order valence-corrected chi connectivity index (χ2v) is 6.41. The molecule has 1 N–H and O–H groups in total. The summed E-state index contributed by atoms with van der Waals surface area (Å²) in [5.41, 5.74) is 3.02. The van der Waals surface area contributed by atoms with Crippen molar-refractivity contribution < 1.29 is 5.11 Å². The zero-order valence-corrected chi connectivity index (χ0v) is 13.0. The Morgan fingerprint density at radius 2 is 1.71 bits per heavy atom. The lowest BCUT2D eigenvalue weighted by atomic mass is 9.94. The summed E-state index contributed by atoms with van der Waals surface area (Å²) in [5, 5.41) is 9.01. The van der Waals surface area contributed by atoms with Crippen LogP contribution in [0.5, 0.6) is 0 Å². The number of piperazine rings is 1. The van der Waals surface area contributed by atoms with E-state index in [-0.39, 0.29) is 6.61 Å². The van der Waals surface area contributed by atoms with Crippen LogP contribution in [-0.4, -0.2) is 78.8 Å². The minimum Gasteiger partial charge on any atom is -0.395 e. The van der Waals surface area contributed by atoms with Gasteiger partial charge in [0.25, 0.3) is 0 Å². The van der Waals surface area contributed by atoms with Gasteiger partial charge in [0, 0.05) is 51.9 Å². The van der Waals surface area contributed by atoms with Crippen LogP contribution in [-0.2, 0) is 13.0 Å². The third kappa shape index (κ3) is 3.64. The van der Waals surface area contributed by atoms with Crippen LogP contribution in [0.1, 0.15) is 11.1 Å². The Hall–Kier alpha value is -0.940. The SMILES string of the molecule is CN1Cc2ccccc2C[C@H]1CN1CCN(CCO)CC1. The molecule has 1 fully saturated rings. The topological polar surface area (TPSA) is 30.0 Å². The minimum atomic E-state index is 0.280. The molecule has 0 unspecified atom stereocenters. The first-order valence-corrected chi connectivity index (χ1v) is 8.09. The molecule has 2 heterocycles. The van der Waals surface area contributed by atoms with Gasteiger partial charge >= 0.3 is 0 Å². The van der Waals surface area contributed by atoms with E-state index in [4.69, 9.17) is 5.11 Å². The summed E-state index contributed by atoms with van der Waals surface area (Å²) < 4.78 is 0. The maximum Gasteiger partial charge on any atom is 0.0558 e.